The fourth-order valence-corrected chi connectivity index (χ4v) is 3.53. The molecule has 0 unspecified atom stereocenters. The van der Waals surface area contributed by atoms with E-state index in [0.717, 1.165) is 30.7 Å². The second kappa shape index (κ2) is 9.61. The fraction of sp³-hybridized carbons (Fsp3) is 0.429. The SMILES string of the molecule is CN1CCN(CCCc2ccccc2OCc2ccc(Cl)c(Cl)c2)CC1. The maximum absolute atomic E-state index is 6.08. The molecule has 0 N–H and O–H groups in total. The van der Waals surface area contributed by atoms with Crippen molar-refractivity contribution in [1.82, 2.24) is 9.80 Å². The van der Waals surface area contributed by atoms with Gasteiger partial charge in [-0.15, -0.1) is 0 Å². The summed E-state index contributed by atoms with van der Waals surface area (Å²) in [6.45, 7) is 6.33. The van der Waals surface area contributed by atoms with Crippen molar-refractivity contribution in [1.29, 1.82) is 0 Å². The summed E-state index contributed by atoms with van der Waals surface area (Å²) in [4.78, 5) is 4.95. The molecule has 1 saturated heterocycles. The van der Waals surface area contributed by atoms with Crippen LogP contribution in [0.4, 0.5) is 0 Å². The first-order chi connectivity index (χ1) is 12.6. The molecule has 0 aromatic heterocycles. The molecule has 1 aliphatic heterocycles. The van der Waals surface area contributed by atoms with Crippen LogP contribution in [-0.2, 0) is 13.0 Å². The Kier molecular flexibility index (Phi) is 7.21. The Labute approximate surface area is 166 Å². The number of halogens is 2. The molecule has 0 spiro atoms. The van der Waals surface area contributed by atoms with E-state index in [9.17, 15) is 0 Å². The maximum atomic E-state index is 6.08. The molecule has 1 fully saturated rings. The molecule has 140 valence electrons. The van der Waals surface area contributed by atoms with Gasteiger partial charge in [-0.25, -0.2) is 0 Å². The number of nitrogens with zero attached hydrogens (tertiary/aromatic N) is 2. The Bertz CT molecular complexity index is 715. The number of hydrogen-bond acceptors (Lipinski definition) is 3. The number of rotatable bonds is 7. The first-order valence-electron chi connectivity index (χ1n) is 9.17. The predicted octanol–water partition coefficient (Wildman–Crippen LogP) is 4.75. The quantitative estimate of drug-likeness (QED) is 0.675. The summed E-state index contributed by atoms with van der Waals surface area (Å²) >= 11 is 12.1. The van der Waals surface area contributed by atoms with E-state index in [1.807, 2.05) is 30.3 Å². The van der Waals surface area contributed by atoms with E-state index in [4.69, 9.17) is 27.9 Å². The van der Waals surface area contributed by atoms with Crippen LogP contribution in [0.1, 0.15) is 17.5 Å². The highest BCUT2D eigenvalue weighted by Gasteiger charge is 2.13. The Morgan fingerprint density at radius 3 is 2.50 bits per heavy atom. The smallest absolute Gasteiger partial charge is 0.122 e. The highest BCUT2D eigenvalue weighted by molar-refractivity contribution is 6.42. The van der Waals surface area contributed by atoms with Gasteiger partial charge in [0.2, 0.25) is 0 Å². The number of ether oxygens (including phenoxy) is 1. The van der Waals surface area contributed by atoms with Gasteiger partial charge in [0.05, 0.1) is 10.0 Å². The van der Waals surface area contributed by atoms with Crippen LogP contribution in [0, 0.1) is 0 Å². The summed E-state index contributed by atoms with van der Waals surface area (Å²) in [6, 6.07) is 13.9. The third-order valence-electron chi connectivity index (χ3n) is 4.87. The molecule has 0 saturated carbocycles. The van der Waals surface area contributed by atoms with E-state index in [1.165, 1.54) is 31.7 Å². The monoisotopic (exact) mass is 392 g/mol. The van der Waals surface area contributed by atoms with E-state index in [2.05, 4.69) is 29.0 Å². The van der Waals surface area contributed by atoms with Crippen molar-refractivity contribution in [3.8, 4) is 5.75 Å². The molecule has 0 amide bonds. The maximum Gasteiger partial charge on any atom is 0.122 e. The van der Waals surface area contributed by atoms with Gasteiger partial charge in [0.25, 0.3) is 0 Å². The average Bonchev–Trinajstić information content (AvgIpc) is 2.65. The zero-order chi connectivity index (χ0) is 18.4. The Morgan fingerprint density at radius 2 is 1.73 bits per heavy atom. The van der Waals surface area contributed by atoms with E-state index < -0.39 is 0 Å². The van der Waals surface area contributed by atoms with Gasteiger partial charge in [-0.3, -0.25) is 0 Å². The third-order valence-corrected chi connectivity index (χ3v) is 5.61. The average molecular weight is 393 g/mol. The van der Waals surface area contributed by atoms with E-state index in [-0.39, 0.29) is 0 Å². The van der Waals surface area contributed by atoms with Gasteiger partial charge in [0.15, 0.2) is 0 Å². The number of benzene rings is 2. The molecule has 0 aliphatic carbocycles. The van der Waals surface area contributed by atoms with Gasteiger partial charge in [-0.2, -0.15) is 0 Å². The minimum atomic E-state index is 0.492. The lowest BCUT2D eigenvalue weighted by Crippen LogP contribution is -2.44. The van der Waals surface area contributed by atoms with Crippen LogP contribution >= 0.6 is 23.2 Å². The number of piperazine rings is 1. The number of likely N-dealkylation sites (N-methyl/N-ethyl adjacent to an activating group) is 1. The normalized spacial score (nSPS) is 16.0. The molecule has 0 bridgehead atoms. The number of aryl methyl sites for hydroxylation is 1. The molecule has 2 aromatic rings. The van der Waals surface area contributed by atoms with E-state index in [0.29, 0.717) is 16.7 Å². The molecule has 1 aliphatic rings. The third kappa shape index (κ3) is 5.62. The van der Waals surface area contributed by atoms with Crippen LogP contribution in [0.15, 0.2) is 42.5 Å². The molecule has 3 nitrogen and oxygen atoms in total. The second-order valence-corrected chi connectivity index (χ2v) is 7.71. The summed E-state index contributed by atoms with van der Waals surface area (Å²) in [5.74, 6) is 0.956. The minimum absolute atomic E-state index is 0.492. The summed E-state index contributed by atoms with van der Waals surface area (Å²) in [7, 11) is 2.19. The van der Waals surface area contributed by atoms with Crippen molar-refractivity contribution < 1.29 is 4.74 Å². The highest BCUT2D eigenvalue weighted by atomic mass is 35.5. The van der Waals surface area contributed by atoms with Gasteiger partial charge in [-0.1, -0.05) is 47.5 Å². The van der Waals surface area contributed by atoms with Crippen molar-refractivity contribution in [3.05, 3.63) is 63.6 Å². The summed E-state index contributed by atoms with van der Waals surface area (Å²) in [5.41, 5.74) is 2.29. The lowest BCUT2D eigenvalue weighted by Gasteiger charge is -2.32. The van der Waals surface area contributed by atoms with Crippen LogP contribution in [0.25, 0.3) is 0 Å². The Hall–Kier alpha value is -1.26. The van der Waals surface area contributed by atoms with Gasteiger partial charge in [-0.05, 0) is 55.8 Å². The van der Waals surface area contributed by atoms with Crippen LogP contribution in [0.5, 0.6) is 5.75 Å². The molecule has 26 heavy (non-hydrogen) atoms. The fourth-order valence-electron chi connectivity index (χ4n) is 3.21. The molecule has 2 aromatic carbocycles. The predicted molar refractivity (Wildman–Crippen MR) is 109 cm³/mol. The first-order valence-corrected chi connectivity index (χ1v) is 9.93. The van der Waals surface area contributed by atoms with Crippen LogP contribution in [0.2, 0.25) is 10.0 Å². The topological polar surface area (TPSA) is 15.7 Å². The van der Waals surface area contributed by atoms with Crippen molar-refractivity contribution >= 4 is 23.2 Å². The van der Waals surface area contributed by atoms with Crippen molar-refractivity contribution in [2.45, 2.75) is 19.4 Å². The van der Waals surface area contributed by atoms with Gasteiger partial charge >= 0.3 is 0 Å². The lowest BCUT2D eigenvalue weighted by molar-refractivity contribution is 0.153. The largest absolute Gasteiger partial charge is 0.489 e. The van der Waals surface area contributed by atoms with Gasteiger partial charge in [0.1, 0.15) is 12.4 Å². The molecule has 5 heteroatoms. The summed E-state index contributed by atoms with van der Waals surface area (Å²) in [6.07, 6.45) is 2.18. The molecular weight excluding hydrogens is 367 g/mol. The lowest BCUT2D eigenvalue weighted by atomic mass is 10.1. The second-order valence-electron chi connectivity index (χ2n) is 6.89. The number of hydrogen-bond donors (Lipinski definition) is 0. The van der Waals surface area contributed by atoms with E-state index >= 15 is 0 Å². The molecular formula is C21H26Cl2N2O. The molecule has 3 rings (SSSR count). The van der Waals surface area contributed by atoms with Crippen LogP contribution in [-0.4, -0.2) is 49.6 Å². The van der Waals surface area contributed by atoms with Crippen molar-refractivity contribution in [2.75, 3.05) is 39.8 Å². The molecule has 0 atom stereocenters. The highest BCUT2D eigenvalue weighted by Crippen LogP contribution is 2.25. The van der Waals surface area contributed by atoms with Crippen molar-refractivity contribution in [2.24, 2.45) is 0 Å². The van der Waals surface area contributed by atoms with Crippen LogP contribution in [0.3, 0.4) is 0 Å². The Balaban J connectivity index is 1.51. The zero-order valence-corrected chi connectivity index (χ0v) is 16.8. The standard InChI is InChI=1S/C21H26Cl2N2O/c1-24-11-13-25(14-12-24)10-4-6-18-5-2-3-7-21(18)26-16-17-8-9-19(22)20(23)15-17/h2-3,5,7-9,15H,4,6,10-14,16H2,1H3. The van der Waals surface area contributed by atoms with Crippen molar-refractivity contribution in [3.63, 3.8) is 0 Å². The summed E-state index contributed by atoms with van der Waals surface area (Å²) in [5, 5.41) is 1.13. The first kappa shape index (κ1) is 19.5. The van der Waals surface area contributed by atoms with Gasteiger partial charge in [0, 0.05) is 26.2 Å². The summed E-state index contributed by atoms with van der Waals surface area (Å²) < 4.78 is 6.05. The zero-order valence-electron chi connectivity index (χ0n) is 15.3. The molecule has 1 heterocycles. The van der Waals surface area contributed by atoms with Gasteiger partial charge < -0.3 is 14.5 Å². The molecule has 0 radical (unpaired) electrons. The number of para-hydroxylation sites is 1. The Morgan fingerprint density at radius 1 is 0.962 bits per heavy atom. The van der Waals surface area contributed by atoms with E-state index in [1.54, 1.807) is 0 Å². The van der Waals surface area contributed by atoms with Crippen LogP contribution < -0.4 is 4.74 Å². The minimum Gasteiger partial charge on any atom is -0.489 e.